The number of rotatable bonds is 3. The SMILES string of the molecule is Cc1ccc([N+](=O)[O-])cc1NC(=O)c1cccc(I)c1. The summed E-state index contributed by atoms with van der Waals surface area (Å²) in [5.41, 5.74) is 1.69. The Balaban J connectivity index is 2.27. The second kappa shape index (κ2) is 6.00. The van der Waals surface area contributed by atoms with Gasteiger partial charge in [-0.3, -0.25) is 14.9 Å². The molecular formula is C14H11IN2O3. The van der Waals surface area contributed by atoms with Crippen LogP contribution in [0.25, 0.3) is 0 Å². The van der Waals surface area contributed by atoms with E-state index >= 15 is 0 Å². The van der Waals surface area contributed by atoms with E-state index in [2.05, 4.69) is 27.9 Å². The Bertz CT molecular complexity index is 686. The van der Waals surface area contributed by atoms with Gasteiger partial charge in [0.05, 0.1) is 10.6 Å². The molecule has 0 aliphatic carbocycles. The topological polar surface area (TPSA) is 72.2 Å². The van der Waals surface area contributed by atoms with Gasteiger partial charge in [-0.15, -0.1) is 0 Å². The quantitative estimate of drug-likeness (QED) is 0.499. The van der Waals surface area contributed by atoms with Crippen molar-refractivity contribution in [3.05, 3.63) is 67.3 Å². The highest BCUT2D eigenvalue weighted by atomic mass is 127. The maximum Gasteiger partial charge on any atom is 0.271 e. The van der Waals surface area contributed by atoms with Gasteiger partial charge in [0, 0.05) is 21.3 Å². The van der Waals surface area contributed by atoms with Crippen LogP contribution in [0.5, 0.6) is 0 Å². The highest BCUT2D eigenvalue weighted by Crippen LogP contribution is 2.22. The fourth-order valence-corrected chi connectivity index (χ4v) is 2.23. The first kappa shape index (κ1) is 14.4. The smallest absolute Gasteiger partial charge is 0.271 e. The molecule has 102 valence electrons. The molecule has 0 aliphatic heterocycles. The molecule has 6 heteroatoms. The lowest BCUT2D eigenvalue weighted by Gasteiger charge is -2.08. The molecule has 0 heterocycles. The van der Waals surface area contributed by atoms with Crippen LogP contribution in [-0.4, -0.2) is 10.8 Å². The lowest BCUT2D eigenvalue weighted by Crippen LogP contribution is -2.13. The van der Waals surface area contributed by atoms with Gasteiger partial charge >= 0.3 is 0 Å². The highest BCUT2D eigenvalue weighted by Gasteiger charge is 2.12. The first-order valence-corrected chi connectivity index (χ1v) is 6.87. The zero-order valence-electron chi connectivity index (χ0n) is 10.6. The van der Waals surface area contributed by atoms with Crippen molar-refractivity contribution in [2.75, 3.05) is 5.32 Å². The number of aryl methyl sites for hydroxylation is 1. The Hall–Kier alpha value is -1.96. The van der Waals surface area contributed by atoms with E-state index < -0.39 is 4.92 Å². The van der Waals surface area contributed by atoms with E-state index in [1.54, 1.807) is 31.2 Å². The minimum Gasteiger partial charge on any atom is -0.321 e. The van der Waals surface area contributed by atoms with E-state index in [1.807, 2.05) is 6.07 Å². The lowest BCUT2D eigenvalue weighted by molar-refractivity contribution is -0.384. The van der Waals surface area contributed by atoms with Gasteiger partial charge in [-0.1, -0.05) is 12.1 Å². The third-order valence-corrected chi connectivity index (χ3v) is 3.44. The number of nitro groups is 1. The third kappa shape index (κ3) is 3.32. The van der Waals surface area contributed by atoms with E-state index in [0.29, 0.717) is 11.3 Å². The summed E-state index contributed by atoms with van der Waals surface area (Å²) in [6, 6.07) is 11.5. The summed E-state index contributed by atoms with van der Waals surface area (Å²) in [5, 5.41) is 13.5. The first-order chi connectivity index (χ1) is 9.47. The van der Waals surface area contributed by atoms with Crippen molar-refractivity contribution < 1.29 is 9.72 Å². The third-order valence-electron chi connectivity index (χ3n) is 2.77. The molecule has 0 atom stereocenters. The van der Waals surface area contributed by atoms with Crippen LogP contribution < -0.4 is 5.32 Å². The van der Waals surface area contributed by atoms with E-state index in [9.17, 15) is 14.9 Å². The number of hydrogen-bond acceptors (Lipinski definition) is 3. The highest BCUT2D eigenvalue weighted by molar-refractivity contribution is 14.1. The van der Waals surface area contributed by atoms with Gasteiger partial charge in [0.2, 0.25) is 0 Å². The molecule has 0 fully saturated rings. The van der Waals surface area contributed by atoms with Crippen molar-refractivity contribution in [1.82, 2.24) is 0 Å². The number of halogens is 1. The number of carbonyl (C=O) groups is 1. The zero-order chi connectivity index (χ0) is 14.7. The minimum absolute atomic E-state index is 0.0476. The molecule has 0 aliphatic rings. The number of anilines is 1. The number of carbonyl (C=O) groups excluding carboxylic acids is 1. The average Bonchev–Trinajstić information content (AvgIpc) is 2.41. The molecule has 1 N–H and O–H groups in total. The Morgan fingerprint density at radius 2 is 2.00 bits per heavy atom. The number of benzene rings is 2. The number of nitro benzene ring substituents is 1. The summed E-state index contributed by atoms with van der Waals surface area (Å²) in [7, 11) is 0. The van der Waals surface area contributed by atoms with Crippen LogP contribution in [-0.2, 0) is 0 Å². The monoisotopic (exact) mass is 382 g/mol. The van der Waals surface area contributed by atoms with Crippen molar-refractivity contribution in [2.24, 2.45) is 0 Å². The van der Waals surface area contributed by atoms with Gasteiger partial charge in [0.15, 0.2) is 0 Å². The molecule has 0 saturated heterocycles. The van der Waals surface area contributed by atoms with Crippen molar-refractivity contribution in [3.63, 3.8) is 0 Å². The number of non-ortho nitro benzene ring substituents is 1. The Morgan fingerprint density at radius 3 is 2.65 bits per heavy atom. The predicted octanol–water partition coefficient (Wildman–Crippen LogP) is 3.76. The van der Waals surface area contributed by atoms with E-state index in [0.717, 1.165) is 9.13 Å². The molecule has 1 amide bonds. The van der Waals surface area contributed by atoms with Crippen LogP contribution >= 0.6 is 22.6 Å². The van der Waals surface area contributed by atoms with Gasteiger partial charge in [0.25, 0.3) is 11.6 Å². The molecular weight excluding hydrogens is 371 g/mol. The van der Waals surface area contributed by atoms with Crippen LogP contribution in [0.15, 0.2) is 42.5 Å². The molecule has 5 nitrogen and oxygen atoms in total. The summed E-state index contributed by atoms with van der Waals surface area (Å²) in [5.74, 6) is -0.285. The summed E-state index contributed by atoms with van der Waals surface area (Å²) < 4.78 is 0.950. The van der Waals surface area contributed by atoms with Crippen LogP contribution in [0.2, 0.25) is 0 Å². The van der Waals surface area contributed by atoms with Crippen LogP contribution in [0.4, 0.5) is 11.4 Å². The minimum atomic E-state index is -0.486. The first-order valence-electron chi connectivity index (χ1n) is 5.79. The molecule has 0 unspecified atom stereocenters. The molecule has 2 aromatic carbocycles. The Morgan fingerprint density at radius 1 is 1.25 bits per heavy atom. The van der Waals surface area contributed by atoms with Crippen molar-refractivity contribution in [2.45, 2.75) is 6.92 Å². The fourth-order valence-electron chi connectivity index (χ4n) is 1.68. The van der Waals surface area contributed by atoms with E-state index in [1.165, 1.54) is 12.1 Å². The maximum absolute atomic E-state index is 12.1. The van der Waals surface area contributed by atoms with Crippen LogP contribution in [0.1, 0.15) is 15.9 Å². The Labute approximate surface area is 129 Å². The number of nitrogens with one attached hydrogen (secondary N) is 1. The largest absolute Gasteiger partial charge is 0.321 e. The van der Waals surface area contributed by atoms with Crippen molar-refractivity contribution >= 4 is 39.9 Å². The van der Waals surface area contributed by atoms with Crippen LogP contribution in [0.3, 0.4) is 0 Å². The molecule has 0 spiro atoms. The van der Waals surface area contributed by atoms with Gasteiger partial charge in [0.1, 0.15) is 0 Å². The summed E-state index contributed by atoms with van der Waals surface area (Å²) in [4.78, 5) is 22.4. The van der Waals surface area contributed by atoms with Crippen molar-refractivity contribution in [3.8, 4) is 0 Å². The van der Waals surface area contributed by atoms with Gasteiger partial charge in [-0.05, 0) is 53.3 Å². The number of nitrogens with zero attached hydrogens (tertiary/aromatic N) is 1. The molecule has 0 radical (unpaired) electrons. The fraction of sp³-hybridized carbons (Fsp3) is 0.0714. The van der Waals surface area contributed by atoms with Crippen LogP contribution in [0, 0.1) is 20.6 Å². The maximum atomic E-state index is 12.1. The molecule has 20 heavy (non-hydrogen) atoms. The zero-order valence-corrected chi connectivity index (χ0v) is 12.7. The summed E-state index contributed by atoms with van der Waals surface area (Å²) in [6.07, 6.45) is 0. The van der Waals surface area contributed by atoms with Gasteiger partial charge in [-0.25, -0.2) is 0 Å². The van der Waals surface area contributed by atoms with Gasteiger partial charge < -0.3 is 5.32 Å². The molecule has 0 saturated carbocycles. The predicted molar refractivity (Wildman–Crippen MR) is 84.9 cm³/mol. The Kier molecular flexibility index (Phi) is 4.33. The molecule has 0 bridgehead atoms. The molecule has 2 rings (SSSR count). The number of hydrogen-bond donors (Lipinski definition) is 1. The second-order valence-electron chi connectivity index (χ2n) is 4.22. The molecule has 0 aromatic heterocycles. The average molecular weight is 382 g/mol. The van der Waals surface area contributed by atoms with Crippen molar-refractivity contribution in [1.29, 1.82) is 0 Å². The summed E-state index contributed by atoms with van der Waals surface area (Å²) in [6.45, 7) is 1.79. The summed E-state index contributed by atoms with van der Waals surface area (Å²) >= 11 is 2.12. The normalized spacial score (nSPS) is 10.1. The lowest BCUT2D eigenvalue weighted by atomic mass is 10.1. The van der Waals surface area contributed by atoms with E-state index in [-0.39, 0.29) is 11.6 Å². The molecule has 2 aromatic rings. The second-order valence-corrected chi connectivity index (χ2v) is 5.47. The van der Waals surface area contributed by atoms with Gasteiger partial charge in [-0.2, -0.15) is 0 Å². The standard InChI is InChI=1S/C14H11IN2O3/c1-9-5-6-12(17(19)20)8-13(9)16-14(18)10-3-2-4-11(15)7-10/h2-8H,1H3,(H,16,18). The number of amides is 1. The van der Waals surface area contributed by atoms with E-state index in [4.69, 9.17) is 0 Å².